The van der Waals surface area contributed by atoms with Crippen molar-refractivity contribution in [1.29, 1.82) is 0 Å². The maximum atomic E-state index is 14.7. The van der Waals surface area contributed by atoms with Crippen molar-refractivity contribution in [2.75, 3.05) is 11.9 Å². The molecule has 1 saturated heterocycles. The summed E-state index contributed by atoms with van der Waals surface area (Å²) in [6.07, 6.45) is 4.03. The van der Waals surface area contributed by atoms with E-state index < -0.39 is 64.3 Å². The van der Waals surface area contributed by atoms with E-state index in [-0.39, 0.29) is 41.8 Å². The molecule has 5 N–H and O–H groups in total. The third-order valence-corrected chi connectivity index (χ3v) is 10.6. The first-order valence-electron chi connectivity index (χ1n) is 17.5. The molecule has 53 heavy (non-hydrogen) atoms. The Labute approximate surface area is 316 Å². The Hall–Kier alpha value is -4.60. The molecule has 1 aromatic heterocycles. The van der Waals surface area contributed by atoms with Crippen molar-refractivity contribution in [2.24, 2.45) is 5.41 Å². The third-order valence-electron chi connectivity index (χ3n) is 9.18. The first-order valence-corrected chi connectivity index (χ1v) is 18.7. The topological polar surface area (TPSA) is 192 Å². The molecule has 1 aliphatic carbocycles. The lowest BCUT2D eigenvalue weighted by atomic mass is 9.85. The number of carbonyl (C=O) groups is 7. The maximum Gasteiger partial charge on any atom is 0.289 e. The van der Waals surface area contributed by atoms with Crippen LogP contribution in [0, 0.1) is 5.41 Å². The number of likely N-dealkylation sites (tertiary alicyclic amines) is 1. The van der Waals surface area contributed by atoms with Crippen LogP contribution in [0.4, 0.5) is 5.00 Å². The summed E-state index contributed by atoms with van der Waals surface area (Å²) in [5, 5.41) is 11.6. The number of rotatable bonds is 13. The van der Waals surface area contributed by atoms with Gasteiger partial charge in [-0.2, -0.15) is 0 Å². The van der Waals surface area contributed by atoms with Crippen LogP contribution in [0.3, 0.4) is 0 Å². The van der Waals surface area contributed by atoms with Gasteiger partial charge in [0.2, 0.25) is 23.5 Å². The number of hydroxylamine groups is 1. The Balaban J connectivity index is 1.47. The number of ketones is 2. The minimum atomic E-state index is -1.22. The van der Waals surface area contributed by atoms with E-state index in [1.54, 1.807) is 45.0 Å². The van der Waals surface area contributed by atoms with Gasteiger partial charge in [0.1, 0.15) is 17.7 Å². The van der Waals surface area contributed by atoms with E-state index in [1.807, 2.05) is 13.0 Å². The summed E-state index contributed by atoms with van der Waals surface area (Å²) < 4.78 is 0. The second kappa shape index (κ2) is 15.8. The number of benzene rings is 1. The number of hydrogen-bond donors (Lipinski definition) is 5. The van der Waals surface area contributed by atoms with E-state index in [9.17, 15) is 33.6 Å². The zero-order valence-corrected chi connectivity index (χ0v) is 32.1. The Morgan fingerprint density at radius 2 is 1.79 bits per heavy atom. The maximum absolute atomic E-state index is 14.7. The molecule has 14 nitrogen and oxygen atoms in total. The molecule has 2 aromatic rings. The highest BCUT2D eigenvalue weighted by Gasteiger charge is 2.54. The van der Waals surface area contributed by atoms with Crippen molar-refractivity contribution in [1.82, 2.24) is 26.3 Å². The average Bonchev–Trinajstić information content (AvgIpc) is 3.46. The van der Waals surface area contributed by atoms with Gasteiger partial charge in [-0.25, -0.2) is 0 Å². The Morgan fingerprint density at radius 1 is 1.08 bits per heavy atom. The predicted octanol–water partition coefficient (Wildman–Crippen LogP) is 3.76. The summed E-state index contributed by atoms with van der Waals surface area (Å²) in [6.45, 7) is 9.56. The molecule has 1 saturated carbocycles. The molecule has 284 valence electrons. The van der Waals surface area contributed by atoms with Crippen LogP contribution in [0.5, 0.6) is 0 Å². The molecule has 16 heteroatoms. The number of amides is 5. The van der Waals surface area contributed by atoms with Crippen LogP contribution in [0.25, 0.3) is 5.70 Å². The number of carbonyl (C=O) groups excluding carboxylic acids is 7. The van der Waals surface area contributed by atoms with E-state index >= 15 is 0 Å². The first-order chi connectivity index (χ1) is 24.9. The summed E-state index contributed by atoms with van der Waals surface area (Å²) in [4.78, 5) is 100. The molecule has 5 rings (SSSR count). The summed E-state index contributed by atoms with van der Waals surface area (Å²) in [5.41, 5.74) is 2.08. The second-order valence-corrected chi connectivity index (χ2v) is 16.3. The molecule has 2 aliphatic heterocycles. The number of hydrogen-bond acceptors (Lipinski definition) is 10. The lowest BCUT2D eigenvalue weighted by Crippen LogP contribution is -2.59. The second-order valence-electron chi connectivity index (χ2n) is 14.8. The van der Waals surface area contributed by atoms with E-state index in [1.165, 1.54) is 24.8 Å². The summed E-state index contributed by atoms with van der Waals surface area (Å²) in [5.74, 6) is -4.31. The molecule has 2 fully saturated rings. The van der Waals surface area contributed by atoms with Gasteiger partial charge < -0.3 is 26.2 Å². The number of Topliss-reactive ketones (excluding diaryl/α,β-unsaturated/α-hetero) is 2. The van der Waals surface area contributed by atoms with Gasteiger partial charge in [-0.3, -0.25) is 43.9 Å². The monoisotopic (exact) mass is 768 g/mol. The predicted molar refractivity (Wildman–Crippen MR) is 199 cm³/mol. The smallest absolute Gasteiger partial charge is 0.289 e. The SMILES string of the molecule is CCC[C@H](NC(=O)[C@@H]1C[C@]2(C=C(c3cccc(Cl)c3)NO2)CN1C(=O)[C@@H](NC(=O)c1cc(NC(C)=O)sc1C(C)=O)C(C)(C)C)C(=O)C(=O)NC1CC1. The van der Waals surface area contributed by atoms with Crippen LogP contribution in [0.2, 0.25) is 5.02 Å². The number of halogens is 1. The van der Waals surface area contributed by atoms with Gasteiger partial charge in [0, 0.05) is 30.0 Å². The van der Waals surface area contributed by atoms with Crippen LogP contribution in [0.1, 0.15) is 99.2 Å². The van der Waals surface area contributed by atoms with Gasteiger partial charge in [0.05, 0.1) is 33.7 Å². The van der Waals surface area contributed by atoms with Gasteiger partial charge in [0.25, 0.3) is 11.8 Å². The fraction of sp³-hybridized carbons (Fsp3) is 0.486. The molecular weight excluding hydrogens is 724 g/mol. The Morgan fingerprint density at radius 3 is 2.40 bits per heavy atom. The number of thiophene rings is 1. The Kier molecular flexibility index (Phi) is 11.8. The quantitative estimate of drug-likeness (QED) is 0.149. The van der Waals surface area contributed by atoms with E-state index in [0.717, 1.165) is 24.2 Å². The zero-order valence-electron chi connectivity index (χ0n) is 30.5. The van der Waals surface area contributed by atoms with Gasteiger partial charge in [-0.1, -0.05) is 57.8 Å². The molecule has 3 heterocycles. The van der Waals surface area contributed by atoms with Crippen LogP contribution >= 0.6 is 22.9 Å². The lowest BCUT2D eigenvalue weighted by molar-refractivity contribution is -0.144. The summed E-state index contributed by atoms with van der Waals surface area (Å²) in [7, 11) is 0. The lowest BCUT2D eigenvalue weighted by Gasteiger charge is -2.35. The average molecular weight is 769 g/mol. The minimum Gasteiger partial charge on any atom is -0.347 e. The van der Waals surface area contributed by atoms with Crippen molar-refractivity contribution >= 4 is 74.7 Å². The molecule has 0 radical (unpaired) electrons. The number of nitrogens with zero attached hydrogens (tertiary/aromatic N) is 1. The van der Waals surface area contributed by atoms with Gasteiger partial charge in [-0.15, -0.1) is 11.3 Å². The molecule has 3 aliphatic rings. The standard InChI is InChI=1S/C37H45ClN6O8S/c1-7-9-25(29(47)34(50)40-23-12-13-23)41-33(49)27-17-37(16-26(43-52-37)21-10-8-11-22(38)14-21)18-44(27)35(51)31(36(4,5)6)42-32(48)24-15-28(39-20(3)46)53-30(24)19(2)45/h8,10-11,14-16,23,25,27,31,43H,7,9,12-13,17-18H2,1-6H3,(H,39,46)(H,40,50)(H,41,49)(H,42,48)/t25-,27-,31+,37+/m0/s1. The van der Waals surface area contributed by atoms with E-state index in [0.29, 0.717) is 27.7 Å². The molecule has 4 atom stereocenters. The van der Waals surface area contributed by atoms with Crippen LogP contribution in [-0.2, 0) is 28.8 Å². The molecule has 1 spiro atoms. The number of nitrogens with one attached hydrogen (secondary N) is 5. The fourth-order valence-corrected chi connectivity index (χ4v) is 7.56. The molecule has 5 amide bonds. The van der Waals surface area contributed by atoms with Crippen molar-refractivity contribution in [3.63, 3.8) is 0 Å². The fourth-order valence-electron chi connectivity index (χ4n) is 6.37. The van der Waals surface area contributed by atoms with Gasteiger partial charge >= 0.3 is 0 Å². The van der Waals surface area contributed by atoms with Crippen molar-refractivity contribution in [3.05, 3.63) is 57.4 Å². The normalized spacial score (nSPS) is 20.5. The molecule has 0 bridgehead atoms. The largest absolute Gasteiger partial charge is 0.347 e. The number of anilines is 1. The first kappa shape index (κ1) is 39.6. The molecule has 0 unspecified atom stereocenters. The highest BCUT2D eigenvalue weighted by Crippen LogP contribution is 2.39. The summed E-state index contributed by atoms with van der Waals surface area (Å²) >= 11 is 7.19. The summed E-state index contributed by atoms with van der Waals surface area (Å²) in [6, 6.07) is 4.87. The highest BCUT2D eigenvalue weighted by atomic mass is 35.5. The van der Waals surface area contributed by atoms with Crippen LogP contribution < -0.4 is 26.7 Å². The van der Waals surface area contributed by atoms with E-state index in [4.69, 9.17) is 16.4 Å². The van der Waals surface area contributed by atoms with Crippen molar-refractivity contribution in [3.8, 4) is 0 Å². The minimum absolute atomic E-state index is 0.0108. The van der Waals surface area contributed by atoms with Crippen molar-refractivity contribution < 1.29 is 38.4 Å². The van der Waals surface area contributed by atoms with Gasteiger partial charge in [-0.05, 0) is 55.9 Å². The zero-order chi connectivity index (χ0) is 38.8. The van der Waals surface area contributed by atoms with Crippen LogP contribution in [0.15, 0.2) is 36.4 Å². The third kappa shape index (κ3) is 9.32. The van der Waals surface area contributed by atoms with Crippen molar-refractivity contribution in [2.45, 2.75) is 103 Å². The highest BCUT2D eigenvalue weighted by molar-refractivity contribution is 7.18. The molecular formula is C37H45ClN6O8S. The Bertz CT molecular complexity index is 1870. The van der Waals surface area contributed by atoms with Gasteiger partial charge in [0.15, 0.2) is 5.78 Å². The van der Waals surface area contributed by atoms with E-state index in [2.05, 4.69) is 26.7 Å². The molecule has 1 aromatic carbocycles. The van der Waals surface area contributed by atoms with Crippen LogP contribution in [-0.4, -0.2) is 82.3 Å².